The first kappa shape index (κ1) is 15.0. The standard InChI is InChI=1S/C19H21N3O3/c1-12-9-15(12)16-7-6-14(24-16)10-22(13-4-5-13)11-18-20-21-19(25-18)17-3-2-8-23-17/h2-3,6-8,12-13,15H,4-5,9-11H2,1H3/t12-,15+/m0/s1. The quantitative estimate of drug-likeness (QED) is 0.642. The van der Waals surface area contributed by atoms with Crippen molar-refractivity contribution in [3.05, 3.63) is 47.9 Å². The van der Waals surface area contributed by atoms with E-state index in [1.807, 2.05) is 12.1 Å². The van der Waals surface area contributed by atoms with Gasteiger partial charge in [-0.1, -0.05) is 6.92 Å². The fourth-order valence-corrected chi connectivity index (χ4v) is 3.34. The molecule has 25 heavy (non-hydrogen) atoms. The van der Waals surface area contributed by atoms with Gasteiger partial charge in [0.25, 0.3) is 5.89 Å². The Morgan fingerprint density at radius 2 is 2.00 bits per heavy atom. The van der Waals surface area contributed by atoms with Crippen LogP contribution in [0.5, 0.6) is 0 Å². The second-order valence-electron chi connectivity index (χ2n) is 7.24. The summed E-state index contributed by atoms with van der Waals surface area (Å²) in [5.74, 6) is 5.18. The molecule has 0 aromatic carbocycles. The first-order chi connectivity index (χ1) is 12.3. The lowest BCUT2D eigenvalue weighted by atomic mass is 10.3. The molecule has 2 fully saturated rings. The minimum absolute atomic E-state index is 0.429. The van der Waals surface area contributed by atoms with Gasteiger partial charge in [-0.2, -0.15) is 0 Å². The Labute approximate surface area is 145 Å². The van der Waals surface area contributed by atoms with Crippen LogP contribution in [0.4, 0.5) is 0 Å². The zero-order valence-corrected chi connectivity index (χ0v) is 14.2. The number of aromatic nitrogens is 2. The molecule has 5 rings (SSSR count). The lowest BCUT2D eigenvalue weighted by Gasteiger charge is -2.18. The molecule has 2 aliphatic carbocycles. The van der Waals surface area contributed by atoms with Gasteiger partial charge >= 0.3 is 0 Å². The lowest BCUT2D eigenvalue weighted by molar-refractivity contribution is 0.203. The second kappa shape index (κ2) is 5.88. The van der Waals surface area contributed by atoms with E-state index in [0.29, 0.717) is 36.0 Å². The van der Waals surface area contributed by atoms with Gasteiger partial charge < -0.3 is 13.3 Å². The van der Waals surface area contributed by atoms with E-state index in [2.05, 4.69) is 34.2 Å². The number of rotatable bonds is 7. The molecule has 0 unspecified atom stereocenters. The van der Waals surface area contributed by atoms with E-state index >= 15 is 0 Å². The lowest BCUT2D eigenvalue weighted by Crippen LogP contribution is -2.25. The van der Waals surface area contributed by atoms with Crippen molar-refractivity contribution in [3.8, 4) is 11.7 Å². The summed E-state index contributed by atoms with van der Waals surface area (Å²) >= 11 is 0. The molecule has 0 amide bonds. The predicted octanol–water partition coefficient (Wildman–Crippen LogP) is 4.21. The maximum atomic E-state index is 6.06. The van der Waals surface area contributed by atoms with Crippen LogP contribution in [0.2, 0.25) is 0 Å². The fourth-order valence-electron chi connectivity index (χ4n) is 3.34. The number of hydrogen-bond acceptors (Lipinski definition) is 6. The van der Waals surface area contributed by atoms with Gasteiger partial charge in [-0.25, -0.2) is 0 Å². The average Bonchev–Trinajstić information content (AvgIpc) is 3.36. The summed E-state index contributed by atoms with van der Waals surface area (Å²) in [4.78, 5) is 2.36. The monoisotopic (exact) mass is 339 g/mol. The molecule has 2 aliphatic rings. The summed E-state index contributed by atoms with van der Waals surface area (Å²) in [6.07, 6.45) is 5.28. The van der Waals surface area contributed by atoms with Gasteiger partial charge in [-0.05, 0) is 49.4 Å². The van der Waals surface area contributed by atoms with Crippen molar-refractivity contribution in [2.24, 2.45) is 5.92 Å². The second-order valence-corrected chi connectivity index (χ2v) is 7.24. The summed E-state index contributed by atoms with van der Waals surface area (Å²) in [5, 5.41) is 8.25. The van der Waals surface area contributed by atoms with Gasteiger partial charge in [0, 0.05) is 12.0 Å². The van der Waals surface area contributed by atoms with Crippen molar-refractivity contribution >= 4 is 0 Å². The van der Waals surface area contributed by atoms with Crippen LogP contribution in [0.3, 0.4) is 0 Å². The van der Waals surface area contributed by atoms with Gasteiger partial charge in [0.15, 0.2) is 5.76 Å². The molecular weight excluding hydrogens is 318 g/mol. The Balaban J connectivity index is 1.28. The smallest absolute Gasteiger partial charge is 0.283 e. The third-order valence-electron chi connectivity index (χ3n) is 5.12. The van der Waals surface area contributed by atoms with Crippen LogP contribution < -0.4 is 0 Å². The number of hydrogen-bond donors (Lipinski definition) is 0. The molecule has 3 heterocycles. The van der Waals surface area contributed by atoms with E-state index in [-0.39, 0.29) is 0 Å². The van der Waals surface area contributed by atoms with Crippen LogP contribution in [-0.4, -0.2) is 21.1 Å². The average molecular weight is 339 g/mol. The molecule has 6 nitrogen and oxygen atoms in total. The maximum Gasteiger partial charge on any atom is 0.283 e. The van der Waals surface area contributed by atoms with Crippen LogP contribution in [-0.2, 0) is 13.1 Å². The molecular formula is C19H21N3O3. The number of furan rings is 2. The van der Waals surface area contributed by atoms with Crippen LogP contribution in [0.25, 0.3) is 11.7 Å². The van der Waals surface area contributed by atoms with Crippen LogP contribution in [0.15, 0.2) is 43.8 Å². The van der Waals surface area contributed by atoms with E-state index in [1.165, 1.54) is 19.3 Å². The first-order valence-electron chi connectivity index (χ1n) is 8.95. The Hall–Kier alpha value is -2.34. The molecule has 2 atom stereocenters. The van der Waals surface area contributed by atoms with Gasteiger partial charge in [-0.3, -0.25) is 4.90 Å². The van der Waals surface area contributed by atoms with Gasteiger partial charge in [0.2, 0.25) is 5.89 Å². The Morgan fingerprint density at radius 3 is 2.72 bits per heavy atom. The van der Waals surface area contributed by atoms with Crippen molar-refractivity contribution in [1.29, 1.82) is 0 Å². The summed E-state index contributed by atoms with van der Waals surface area (Å²) in [6.45, 7) is 3.69. The summed E-state index contributed by atoms with van der Waals surface area (Å²) in [6, 6.07) is 8.45. The third-order valence-corrected chi connectivity index (χ3v) is 5.12. The highest BCUT2D eigenvalue weighted by molar-refractivity contribution is 5.42. The summed E-state index contributed by atoms with van der Waals surface area (Å²) < 4.78 is 17.1. The third kappa shape index (κ3) is 3.14. The van der Waals surface area contributed by atoms with Crippen molar-refractivity contribution in [2.75, 3.05) is 0 Å². The van der Waals surface area contributed by atoms with Gasteiger partial charge in [-0.15, -0.1) is 10.2 Å². The molecule has 2 saturated carbocycles. The van der Waals surface area contributed by atoms with E-state index in [4.69, 9.17) is 13.3 Å². The zero-order valence-electron chi connectivity index (χ0n) is 14.2. The molecule has 0 N–H and O–H groups in total. The molecule has 3 aromatic rings. The minimum atomic E-state index is 0.429. The van der Waals surface area contributed by atoms with E-state index < -0.39 is 0 Å². The largest absolute Gasteiger partial charge is 0.464 e. The predicted molar refractivity (Wildman–Crippen MR) is 89.5 cm³/mol. The van der Waals surface area contributed by atoms with Gasteiger partial charge in [0.05, 0.1) is 19.4 Å². The Kier molecular flexibility index (Phi) is 3.52. The normalized spacial score (nSPS) is 22.6. The molecule has 0 aliphatic heterocycles. The first-order valence-corrected chi connectivity index (χ1v) is 8.95. The van der Waals surface area contributed by atoms with Crippen molar-refractivity contribution < 1.29 is 13.3 Å². The highest BCUT2D eigenvalue weighted by atomic mass is 16.4. The molecule has 0 spiro atoms. The summed E-state index contributed by atoms with van der Waals surface area (Å²) in [7, 11) is 0. The fraction of sp³-hybridized carbons (Fsp3) is 0.474. The minimum Gasteiger partial charge on any atom is -0.464 e. The van der Waals surface area contributed by atoms with Crippen molar-refractivity contribution in [3.63, 3.8) is 0 Å². The molecule has 130 valence electrons. The van der Waals surface area contributed by atoms with Gasteiger partial charge in [0.1, 0.15) is 11.5 Å². The topological polar surface area (TPSA) is 68.4 Å². The maximum absolute atomic E-state index is 6.06. The highest BCUT2D eigenvalue weighted by Crippen LogP contribution is 2.47. The molecule has 0 saturated heterocycles. The van der Waals surface area contributed by atoms with E-state index in [0.717, 1.165) is 24.0 Å². The molecule has 6 heteroatoms. The highest BCUT2D eigenvalue weighted by Gasteiger charge is 2.37. The van der Waals surface area contributed by atoms with Crippen LogP contribution in [0, 0.1) is 5.92 Å². The Bertz CT molecular complexity index is 847. The molecule has 0 radical (unpaired) electrons. The van der Waals surface area contributed by atoms with Crippen LogP contribution >= 0.6 is 0 Å². The summed E-state index contributed by atoms with van der Waals surface area (Å²) in [5.41, 5.74) is 0. The van der Waals surface area contributed by atoms with E-state index in [1.54, 1.807) is 6.26 Å². The van der Waals surface area contributed by atoms with Crippen molar-refractivity contribution in [2.45, 2.75) is 51.2 Å². The SMILES string of the molecule is C[C@H]1C[C@H]1c1ccc(CN(Cc2nnc(-c3ccco3)o2)C2CC2)o1. The zero-order chi connectivity index (χ0) is 16.8. The Morgan fingerprint density at radius 1 is 1.12 bits per heavy atom. The van der Waals surface area contributed by atoms with E-state index in [9.17, 15) is 0 Å². The molecule has 3 aromatic heterocycles. The van der Waals surface area contributed by atoms with Crippen molar-refractivity contribution in [1.82, 2.24) is 15.1 Å². The number of nitrogens with zero attached hydrogens (tertiary/aromatic N) is 3. The van der Waals surface area contributed by atoms with Crippen LogP contribution in [0.1, 0.15) is 49.5 Å². The molecule has 0 bridgehead atoms.